The molecule has 1 N–H and O–H groups in total. The predicted octanol–water partition coefficient (Wildman–Crippen LogP) is 3.23. The van der Waals surface area contributed by atoms with Gasteiger partial charge in [-0.3, -0.25) is 9.59 Å². The minimum Gasteiger partial charge on any atom is -0.451 e. The van der Waals surface area contributed by atoms with Gasteiger partial charge in [-0.05, 0) is 31.2 Å². The topological polar surface area (TPSA) is 76.2 Å². The molecule has 0 saturated carbocycles. The lowest BCUT2D eigenvalue weighted by Crippen LogP contribution is -2.25. The standard InChI is InChI=1S/C19H13F2NO4/c1-10(18(24)11-6-7-14(20)15(21)8-11)26-19(25)13-9-17(23)22-16-5-3-2-4-12(13)16/h2-10H,1H3,(H,22,23)/t10-/m0/s1. The van der Waals surface area contributed by atoms with Gasteiger partial charge in [0.15, 0.2) is 17.7 Å². The van der Waals surface area contributed by atoms with Gasteiger partial charge in [0, 0.05) is 22.5 Å². The number of halogens is 2. The molecule has 2 aromatic carbocycles. The maximum Gasteiger partial charge on any atom is 0.339 e. The minimum atomic E-state index is -1.24. The van der Waals surface area contributed by atoms with Crippen molar-refractivity contribution in [3.63, 3.8) is 0 Å². The zero-order valence-corrected chi connectivity index (χ0v) is 13.6. The molecule has 7 heteroatoms. The first-order valence-corrected chi connectivity index (χ1v) is 7.69. The summed E-state index contributed by atoms with van der Waals surface area (Å²) in [7, 11) is 0. The second kappa shape index (κ2) is 6.87. The van der Waals surface area contributed by atoms with Crippen molar-refractivity contribution in [2.45, 2.75) is 13.0 Å². The molecule has 0 fully saturated rings. The number of ketones is 1. The Balaban J connectivity index is 1.87. The van der Waals surface area contributed by atoms with E-state index in [9.17, 15) is 23.2 Å². The average molecular weight is 357 g/mol. The van der Waals surface area contributed by atoms with Crippen molar-refractivity contribution < 1.29 is 23.1 Å². The van der Waals surface area contributed by atoms with Crippen LogP contribution in [-0.2, 0) is 4.74 Å². The highest BCUT2D eigenvalue weighted by Crippen LogP contribution is 2.17. The number of para-hydroxylation sites is 1. The molecule has 0 aliphatic carbocycles. The number of aromatic amines is 1. The van der Waals surface area contributed by atoms with Gasteiger partial charge in [0.25, 0.3) is 0 Å². The number of carbonyl (C=O) groups excluding carboxylic acids is 2. The van der Waals surface area contributed by atoms with Gasteiger partial charge in [-0.2, -0.15) is 0 Å². The summed E-state index contributed by atoms with van der Waals surface area (Å²) in [5, 5.41) is 0.463. The second-order valence-corrected chi connectivity index (χ2v) is 5.63. The van der Waals surface area contributed by atoms with Crippen molar-refractivity contribution in [3.8, 4) is 0 Å². The van der Waals surface area contributed by atoms with E-state index in [2.05, 4.69) is 4.98 Å². The zero-order valence-electron chi connectivity index (χ0n) is 13.6. The Labute approximate surface area is 146 Å². The van der Waals surface area contributed by atoms with Crippen LogP contribution in [0, 0.1) is 11.6 Å². The first-order valence-electron chi connectivity index (χ1n) is 7.69. The third-order valence-corrected chi connectivity index (χ3v) is 3.83. The number of fused-ring (bicyclic) bond motifs is 1. The molecule has 1 aromatic heterocycles. The van der Waals surface area contributed by atoms with E-state index in [1.54, 1.807) is 24.3 Å². The van der Waals surface area contributed by atoms with Crippen LogP contribution in [0.15, 0.2) is 53.3 Å². The van der Waals surface area contributed by atoms with Gasteiger partial charge < -0.3 is 9.72 Å². The number of esters is 1. The van der Waals surface area contributed by atoms with Crippen LogP contribution < -0.4 is 5.56 Å². The highest BCUT2D eigenvalue weighted by molar-refractivity contribution is 6.05. The van der Waals surface area contributed by atoms with E-state index >= 15 is 0 Å². The Kier molecular flexibility index (Phi) is 4.62. The molecule has 0 unspecified atom stereocenters. The molecule has 0 radical (unpaired) electrons. The lowest BCUT2D eigenvalue weighted by Gasteiger charge is -2.13. The molecule has 5 nitrogen and oxygen atoms in total. The molecule has 0 aliphatic rings. The van der Waals surface area contributed by atoms with Gasteiger partial charge in [0.2, 0.25) is 11.3 Å². The molecule has 0 amide bonds. The SMILES string of the molecule is C[C@H](OC(=O)c1cc(=O)[nH]c2ccccc12)C(=O)c1ccc(F)c(F)c1. The van der Waals surface area contributed by atoms with E-state index in [4.69, 9.17) is 4.74 Å². The second-order valence-electron chi connectivity index (χ2n) is 5.63. The summed E-state index contributed by atoms with van der Waals surface area (Å²) in [6.07, 6.45) is -1.24. The van der Waals surface area contributed by atoms with E-state index in [0.717, 1.165) is 24.3 Å². The van der Waals surface area contributed by atoms with Crippen LogP contribution in [0.3, 0.4) is 0 Å². The lowest BCUT2D eigenvalue weighted by atomic mass is 10.1. The number of H-pyrrole nitrogens is 1. The molecular weight excluding hydrogens is 344 g/mol. The first kappa shape index (κ1) is 17.5. The summed E-state index contributed by atoms with van der Waals surface area (Å²) in [5.41, 5.74) is -0.156. The maximum atomic E-state index is 13.3. The largest absolute Gasteiger partial charge is 0.451 e. The van der Waals surface area contributed by atoms with Crippen molar-refractivity contribution >= 4 is 22.7 Å². The summed E-state index contributed by atoms with van der Waals surface area (Å²) in [6, 6.07) is 10.4. The van der Waals surface area contributed by atoms with E-state index in [0.29, 0.717) is 10.9 Å². The van der Waals surface area contributed by atoms with Gasteiger partial charge >= 0.3 is 5.97 Å². The summed E-state index contributed by atoms with van der Waals surface area (Å²) in [5.74, 6) is -3.81. The van der Waals surface area contributed by atoms with Gasteiger partial charge in [0.05, 0.1) is 5.56 Å². The summed E-state index contributed by atoms with van der Waals surface area (Å²) in [6.45, 7) is 1.32. The number of pyridine rings is 1. The number of hydrogen-bond acceptors (Lipinski definition) is 4. The molecule has 1 atom stereocenters. The Hall–Kier alpha value is -3.35. The molecule has 0 saturated heterocycles. The number of Topliss-reactive ketones (excluding diaryl/α,β-unsaturated/α-hetero) is 1. The van der Waals surface area contributed by atoms with E-state index in [1.165, 1.54) is 6.92 Å². The Bertz CT molecular complexity index is 1070. The average Bonchev–Trinajstić information content (AvgIpc) is 2.62. The number of hydrogen-bond donors (Lipinski definition) is 1. The van der Waals surface area contributed by atoms with Crippen LogP contribution in [-0.4, -0.2) is 22.8 Å². The van der Waals surface area contributed by atoms with Crippen LogP contribution in [0.25, 0.3) is 10.9 Å². The summed E-state index contributed by atoms with van der Waals surface area (Å²) < 4.78 is 31.4. The molecule has 132 valence electrons. The van der Waals surface area contributed by atoms with Crippen molar-refractivity contribution in [2.75, 3.05) is 0 Å². The third-order valence-electron chi connectivity index (χ3n) is 3.83. The van der Waals surface area contributed by atoms with Crippen LogP contribution in [0.4, 0.5) is 8.78 Å². The van der Waals surface area contributed by atoms with Gasteiger partial charge in [-0.1, -0.05) is 18.2 Å². The predicted molar refractivity (Wildman–Crippen MR) is 90.1 cm³/mol. The molecule has 0 aliphatic heterocycles. The normalized spacial score (nSPS) is 12.0. The minimum absolute atomic E-state index is 0.00860. The number of benzene rings is 2. The number of rotatable bonds is 4. The molecular formula is C19H13F2NO4. The molecule has 1 heterocycles. The molecule has 0 spiro atoms. The van der Waals surface area contributed by atoms with Crippen molar-refractivity contribution in [1.29, 1.82) is 0 Å². The van der Waals surface area contributed by atoms with E-state index < -0.39 is 35.1 Å². The fourth-order valence-electron chi connectivity index (χ4n) is 2.54. The van der Waals surface area contributed by atoms with E-state index in [1.807, 2.05) is 0 Å². The summed E-state index contributed by atoms with van der Waals surface area (Å²) in [4.78, 5) is 39.0. The van der Waals surface area contributed by atoms with Crippen LogP contribution >= 0.6 is 0 Å². The van der Waals surface area contributed by atoms with Crippen LogP contribution in [0.5, 0.6) is 0 Å². The molecule has 3 rings (SSSR count). The summed E-state index contributed by atoms with van der Waals surface area (Å²) >= 11 is 0. The number of carbonyl (C=O) groups is 2. The highest BCUT2D eigenvalue weighted by atomic mass is 19.2. The third kappa shape index (κ3) is 3.37. The van der Waals surface area contributed by atoms with Crippen molar-refractivity contribution in [3.05, 3.63) is 81.6 Å². The molecule has 0 bridgehead atoms. The highest BCUT2D eigenvalue weighted by Gasteiger charge is 2.23. The monoisotopic (exact) mass is 357 g/mol. The molecule has 3 aromatic rings. The fraction of sp³-hybridized carbons (Fsp3) is 0.105. The van der Waals surface area contributed by atoms with Crippen molar-refractivity contribution in [1.82, 2.24) is 4.98 Å². The Morgan fingerprint density at radius 2 is 1.77 bits per heavy atom. The van der Waals surface area contributed by atoms with E-state index in [-0.39, 0.29) is 11.1 Å². The van der Waals surface area contributed by atoms with Crippen LogP contribution in [0.2, 0.25) is 0 Å². The smallest absolute Gasteiger partial charge is 0.339 e. The number of nitrogens with one attached hydrogen (secondary N) is 1. The first-order chi connectivity index (χ1) is 12.4. The quantitative estimate of drug-likeness (QED) is 0.574. The maximum absolute atomic E-state index is 13.3. The lowest BCUT2D eigenvalue weighted by molar-refractivity contribution is 0.0320. The number of ether oxygens (including phenoxy) is 1. The van der Waals surface area contributed by atoms with Gasteiger partial charge in [0.1, 0.15) is 0 Å². The van der Waals surface area contributed by atoms with Gasteiger partial charge in [-0.25, -0.2) is 13.6 Å². The van der Waals surface area contributed by atoms with Gasteiger partial charge in [-0.15, -0.1) is 0 Å². The van der Waals surface area contributed by atoms with Crippen molar-refractivity contribution in [2.24, 2.45) is 0 Å². The Morgan fingerprint density at radius 1 is 1.04 bits per heavy atom. The number of aromatic nitrogens is 1. The fourth-order valence-corrected chi connectivity index (χ4v) is 2.54. The Morgan fingerprint density at radius 3 is 2.50 bits per heavy atom. The zero-order chi connectivity index (χ0) is 18.8. The van der Waals surface area contributed by atoms with Crippen LogP contribution in [0.1, 0.15) is 27.6 Å². The molecule has 26 heavy (non-hydrogen) atoms.